The predicted octanol–water partition coefficient (Wildman–Crippen LogP) is 2.67. The Morgan fingerprint density at radius 1 is 1.10 bits per heavy atom. The molecule has 0 aliphatic carbocycles. The molecule has 0 unspecified atom stereocenters. The van der Waals surface area contributed by atoms with E-state index in [1.807, 2.05) is 6.07 Å². The van der Waals surface area contributed by atoms with Gasteiger partial charge < -0.3 is 16.2 Å². The van der Waals surface area contributed by atoms with Crippen LogP contribution in [0.5, 0.6) is 5.75 Å². The Labute approximate surface area is 121 Å². The minimum Gasteiger partial charge on any atom is -0.492 e. The van der Waals surface area contributed by atoms with Crippen molar-refractivity contribution in [3.63, 3.8) is 0 Å². The average Bonchev–Trinajstić information content (AvgIpc) is 2.83. The van der Waals surface area contributed by atoms with Crippen LogP contribution in [-0.2, 0) is 6.42 Å². The third-order valence-corrected chi connectivity index (χ3v) is 3.45. The van der Waals surface area contributed by atoms with Crippen molar-refractivity contribution in [2.45, 2.75) is 6.42 Å². The molecule has 0 atom stereocenters. The van der Waals surface area contributed by atoms with E-state index in [1.54, 1.807) is 24.3 Å². The molecule has 3 rings (SSSR count). The van der Waals surface area contributed by atoms with Crippen molar-refractivity contribution in [2.24, 2.45) is 0 Å². The highest BCUT2D eigenvalue weighted by Gasteiger charge is 2.23. The zero-order valence-corrected chi connectivity index (χ0v) is 11.4. The second kappa shape index (κ2) is 4.72. The number of benzene rings is 2. The fourth-order valence-corrected chi connectivity index (χ4v) is 2.64. The van der Waals surface area contributed by atoms with E-state index in [2.05, 4.69) is 0 Å². The van der Waals surface area contributed by atoms with Gasteiger partial charge in [0.1, 0.15) is 5.75 Å². The Hall–Kier alpha value is -2.20. The largest absolute Gasteiger partial charge is 0.492 e. The molecule has 1 heterocycles. The van der Waals surface area contributed by atoms with E-state index < -0.39 is 0 Å². The van der Waals surface area contributed by atoms with Crippen LogP contribution in [0.2, 0.25) is 5.02 Å². The number of anilines is 2. The summed E-state index contributed by atoms with van der Waals surface area (Å²) in [4.78, 5) is 12.6. The number of nitrogens with two attached hydrogens (primary N) is 2. The van der Waals surface area contributed by atoms with Gasteiger partial charge >= 0.3 is 0 Å². The molecule has 5 heteroatoms. The standard InChI is InChI=1S/C15H13ClN2O2/c16-10-3-8-1-2-20-15(8)13(6-10)14(19)9-4-11(17)7-12(18)5-9/h3-7H,1-2,17-18H2. The van der Waals surface area contributed by atoms with Gasteiger partial charge in [-0.2, -0.15) is 0 Å². The molecule has 0 saturated heterocycles. The maximum atomic E-state index is 12.6. The van der Waals surface area contributed by atoms with Gasteiger partial charge in [0.2, 0.25) is 0 Å². The van der Waals surface area contributed by atoms with Crippen LogP contribution >= 0.6 is 11.6 Å². The van der Waals surface area contributed by atoms with Crippen LogP contribution in [0.25, 0.3) is 0 Å². The minimum absolute atomic E-state index is 0.190. The van der Waals surface area contributed by atoms with Crippen molar-refractivity contribution in [2.75, 3.05) is 18.1 Å². The lowest BCUT2D eigenvalue weighted by atomic mass is 9.99. The van der Waals surface area contributed by atoms with Crippen LogP contribution in [0.3, 0.4) is 0 Å². The molecule has 2 aromatic carbocycles. The quantitative estimate of drug-likeness (QED) is 0.658. The average molecular weight is 289 g/mol. The lowest BCUT2D eigenvalue weighted by molar-refractivity contribution is 0.103. The highest BCUT2D eigenvalue weighted by molar-refractivity contribution is 6.31. The summed E-state index contributed by atoms with van der Waals surface area (Å²) in [6.45, 7) is 0.565. The van der Waals surface area contributed by atoms with Crippen LogP contribution < -0.4 is 16.2 Å². The second-order valence-electron chi connectivity index (χ2n) is 4.76. The highest BCUT2D eigenvalue weighted by Crippen LogP contribution is 2.34. The van der Waals surface area contributed by atoms with Gasteiger partial charge in [-0.1, -0.05) is 11.6 Å². The van der Waals surface area contributed by atoms with Gasteiger partial charge in [0.25, 0.3) is 0 Å². The van der Waals surface area contributed by atoms with Crippen LogP contribution in [-0.4, -0.2) is 12.4 Å². The van der Waals surface area contributed by atoms with Crippen LogP contribution in [0.1, 0.15) is 21.5 Å². The molecule has 0 bridgehead atoms. The number of hydrogen-bond donors (Lipinski definition) is 2. The summed E-state index contributed by atoms with van der Waals surface area (Å²) in [6.07, 6.45) is 0.759. The molecule has 1 aliphatic heterocycles. The monoisotopic (exact) mass is 288 g/mol. The first-order valence-corrected chi connectivity index (χ1v) is 6.58. The molecule has 0 spiro atoms. The number of carbonyl (C=O) groups excluding carboxylic acids is 1. The van der Waals surface area contributed by atoms with Crippen LogP contribution in [0.4, 0.5) is 11.4 Å². The number of ether oxygens (including phenoxy) is 1. The number of fused-ring (bicyclic) bond motifs is 1. The minimum atomic E-state index is -0.190. The summed E-state index contributed by atoms with van der Waals surface area (Å²) < 4.78 is 5.55. The summed E-state index contributed by atoms with van der Waals surface area (Å²) in [5.41, 5.74) is 14.2. The van der Waals surface area contributed by atoms with Crippen molar-refractivity contribution < 1.29 is 9.53 Å². The van der Waals surface area contributed by atoms with Gasteiger partial charge in [-0.3, -0.25) is 4.79 Å². The summed E-state index contributed by atoms with van der Waals surface area (Å²) in [5, 5.41) is 0.523. The molecular formula is C15H13ClN2O2. The van der Waals surface area contributed by atoms with E-state index in [0.29, 0.717) is 39.9 Å². The third kappa shape index (κ3) is 2.18. The summed E-state index contributed by atoms with van der Waals surface area (Å²) in [7, 11) is 0. The molecule has 4 N–H and O–H groups in total. The predicted molar refractivity (Wildman–Crippen MR) is 79.4 cm³/mol. The molecule has 1 aliphatic rings. The number of rotatable bonds is 2. The number of carbonyl (C=O) groups is 1. The molecule has 0 aromatic heterocycles. The Morgan fingerprint density at radius 2 is 1.80 bits per heavy atom. The van der Waals surface area contributed by atoms with Crippen molar-refractivity contribution in [1.82, 2.24) is 0 Å². The maximum Gasteiger partial charge on any atom is 0.196 e. The van der Waals surface area contributed by atoms with Gasteiger partial charge in [0.15, 0.2) is 5.78 Å². The SMILES string of the molecule is Nc1cc(N)cc(C(=O)c2cc(Cl)cc3c2OCC3)c1. The van der Waals surface area contributed by atoms with Crippen LogP contribution in [0.15, 0.2) is 30.3 Å². The van der Waals surface area contributed by atoms with E-state index in [0.717, 1.165) is 12.0 Å². The Morgan fingerprint density at radius 3 is 2.50 bits per heavy atom. The highest BCUT2D eigenvalue weighted by atomic mass is 35.5. The van der Waals surface area contributed by atoms with E-state index >= 15 is 0 Å². The molecular weight excluding hydrogens is 276 g/mol. The van der Waals surface area contributed by atoms with Gasteiger partial charge in [0, 0.05) is 28.4 Å². The maximum absolute atomic E-state index is 12.6. The van der Waals surface area contributed by atoms with Crippen molar-refractivity contribution in [3.05, 3.63) is 52.0 Å². The first-order chi connectivity index (χ1) is 9.54. The number of ketones is 1. The number of nitrogen functional groups attached to an aromatic ring is 2. The molecule has 0 amide bonds. The third-order valence-electron chi connectivity index (χ3n) is 3.23. The molecule has 0 fully saturated rings. The summed E-state index contributed by atoms with van der Waals surface area (Å²) in [5.74, 6) is 0.421. The molecule has 102 valence electrons. The summed E-state index contributed by atoms with van der Waals surface area (Å²) in [6, 6.07) is 8.25. The molecule has 0 saturated carbocycles. The molecule has 2 aromatic rings. The second-order valence-corrected chi connectivity index (χ2v) is 5.19. The van der Waals surface area contributed by atoms with Gasteiger partial charge in [-0.25, -0.2) is 0 Å². The first kappa shape index (κ1) is 12.8. The first-order valence-electron chi connectivity index (χ1n) is 6.20. The normalized spacial score (nSPS) is 12.8. The van der Waals surface area contributed by atoms with Crippen LogP contribution in [0, 0.1) is 0 Å². The Balaban J connectivity index is 2.11. The van der Waals surface area contributed by atoms with E-state index in [9.17, 15) is 4.79 Å². The Bertz CT molecular complexity index is 693. The molecule has 0 radical (unpaired) electrons. The number of halogens is 1. The van der Waals surface area contributed by atoms with Crippen molar-refractivity contribution in [3.8, 4) is 5.75 Å². The topological polar surface area (TPSA) is 78.3 Å². The smallest absolute Gasteiger partial charge is 0.196 e. The molecule has 4 nitrogen and oxygen atoms in total. The van der Waals surface area contributed by atoms with E-state index in [4.69, 9.17) is 27.8 Å². The summed E-state index contributed by atoms with van der Waals surface area (Å²) >= 11 is 6.07. The lowest BCUT2D eigenvalue weighted by Crippen LogP contribution is -2.05. The van der Waals surface area contributed by atoms with Gasteiger partial charge in [0.05, 0.1) is 12.2 Å². The lowest BCUT2D eigenvalue weighted by Gasteiger charge is -2.09. The van der Waals surface area contributed by atoms with E-state index in [1.165, 1.54) is 0 Å². The number of hydrogen-bond acceptors (Lipinski definition) is 4. The van der Waals surface area contributed by atoms with Crippen molar-refractivity contribution >= 4 is 28.8 Å². The fraction of sp³-hybridized carbons (Fsp3) is 0.133. The zero-order valence-electron chi connectivity index (χ0n) is 10.7. The van der Waals surface area contributed by atoms with Crippen molar-refractivity contribution in [1.29, 1.82) is 0 Å². The van der Waals surface area contributed by atoms with E-state index in [-0.39, 0.29) is 5.78 Å². The van der Waals surface area contributed by atoms with Gasteiger partial charge in [-0.15, -0.1) is 0 Å². The molecule has 20 heavy (non-hydrogen) atoms. The zero-order chi connectivity index (χ0) is 14.3. The fourth-order valence-electron chi connectivity index (χ4n) is 2.40. The Kier molecular flexibility index (Phi) is 3.03. The van der Waals surface area contributed by atoms with Gasteiger partial charge in [-0.05, 0) is 35.9 Å².